The summed E-state index contributed by atoms with van der Waals surface area (Å²) in [7, 11) is 0. The first-order chi connectivity index (χ1) is 6.18. The zero-order chi connectivity index (χ0) is 9.42. The van der Waals surface area contributed by atoms with Crippen LogP contribution in [0.1, 0.15) is 18.0 Å². The molecule has 0 unspecified atom stereocenters. The van der Waals surface area contributed by atoms with Crippen LogP contribution in [0.15, 0.2) is 12.1 Å². The van der Waals surface area contributed by atoms with Gasteiger partial charge in [0.15, 0.2) is 0 Å². The van der Waals surface area contributed by atoms with Crippen molar-refractivity contribution in [3.63, 3.8) is 0 Å². The smallest absolute Gasteiger partial charge is 0.142 e. The Labute approximate surface area is 98.7 Å². The quantitative estimate of drug-likeness (QED) is 0.772. The van der Waals surface area contributed by atoms with Crippen molar-refractivity contribution in [2.75, 3.05) is 6.61 Å². The molecule has 2 rings (SSSR count). The maximum absolute atomic E-state index is 5.95. The monoisotopic (exact) mass is 253 g/mol. The molecular weight excluding hydrogens is 244 g/mol. The van der Waals surface area contributed by atoms with Gasteiger partial charge in [0.2, 0.25) is 0 Å². The minimum absolute atomic E-state index is 0. The van der Waals surface area contributed by atoms with Crippen molar-refractivity contribution in [2.45, 2.75) is 12.5 Å². The number of nitrogens with two attached hydrogens (primary N) is 1. The lowest BCUT2D eigenvalue weighted by Gasteiger charge is -2.23. The van der Waals surface area contributed by atoms with E-state index in [0.717, 1.165) is 12.0 Å². The van der Waals surface area contributed by atoms with Gasteiger partial charge in [-0.2, -0.15) is 0 Å². The lowest BCUT2D eigenvalue weighted by atomic mass is 10.0. The highest BCUT2D eigenvalue weighted by Gasteiger charge is 2.20. The normalized spacial score (nSPS) is 19.2. The molecule has 0 radical (unpaired) electrons. The van der Waals surface area contributed by atoms with Crippen LogP contribution in [-0.2, 0) is 0 Å². The van der Waals surface area contributed by atoms with E-state index in [4.69, 9.17) is 33.7 Å². The molecule has 14 heavy (non-hydrogen) atoms. The number of fused-ring (bicyclic) bond motifs is 1. The van der Waals surface area contributed by atoms with E-state index in [1.165, 1.54) is 0 Å². The van der Waals surface area contributed by atoms with Crippen LogP contribution in [0.5, 0.6) is 5.75 Å². The number of ether oxygens (including phenoxy) is 1. The van der Waals surface area contributed by atoms with Crippen molar-refractivity contribution in [3.05, 3.63) is 27.7 Å². The van der Waals surface area contributed by atoms with Gasteiger partial charge in [0.1, 0.15) is 5.75 Å². The van der Waals surface area contributed by atoms with Gasteiger partial charge in [0.05, 0.1) is 11.6 Å². The number of hydrogen-bond donors (Lipinski definition) is 1. The second kappa shape index (κ2) is 4.58. The van der Waals surface area contributed by atoms with Gasteiger partial charge in [-0.3, -0.25) is 0 Å². The maximum Gasteiger partial charge on any atom is 0.142 e. The molecule has 0 saturated carbocycles. The summed E-state index contributed by atoms with van der Waals surface area (Å²) in [5.41, 5.74) is 6.79. The zero-order valence-electron chi connectivity index (χ0n) is 7.30. The highest BCUT2D eigenvalue weighted by Crippen LogP contribution is 2.38. The molecule has 0 bridgehead atoms. The molecule has 0 aromatic heterocycles. The van der Waals surface area contributed by atoms with Gasteiger partial charge >= 0.3 is 0 Å². The number of hydrogen-bond acceptors (Lipinski definition) is 2. The molecule has 0 spiro atoms. The van der Waals surface area contributed by atoms with Crippen molar-refractivity contribution in [2.24, 2.45) is 5.73 Å². The van der Waals surface area contributed by atoms with Crippen molar-refractivity contribution >= 4 is 35.6 Å². The molecule has 0 amide bonds. The molecule has 1 atom stereocenters. The van der Waals surface area contributed by atoms with Crippen LogP contribution in [0.4, 0.5) is 0 Å². The van der Waals surface area contributed by atoms with Gasteiger partial charge in [0, 0.05) is 23.0 Å². The average molecular weight is 255 g/mol. The fourth-order valence-corrected chi connectivity index (χ4v) is 2.02. The number of halogens is 3. The summed E-state index contributed by atoms with van der Waals surface area (Å²) < 4.78 is 5.41. The van der Waals surface area contributed by atoms with Crippen LogP contribution in [0, 0.1) is 0 Å². The first-order valence-electron chi connectivity index (χ1n) is 4.06. The molecule has 1 aromatic carbocycles. The average Bonchev–Trinajstić information content (AvgIpc) is 2.07. The van der Waals surface area contributed by atoms with Crippen molar-refractivity contribution in [1.82, 2.24) is 0 Å². The summed E-state index contributed by atoms with van der Waals surface area (Å²) in [5.74, 6) is 0.685. The second-order valence-corrected chi connectivity index (χ2v) is 3.89. The Bertz CT molecular complexity index is 343. The molecule has 1 aliphatic rings. The molecule has 1 aromatic rings. The standard InChI is InChI=1S/C9H9Cl2NO.ClH/c10-5-3-6-8(12)1-2-13-9(6)7(11)4-5;/h3-4,8H,1-2,12H2;1H/t8-;/m0./s1. The lowest BCUT2D eigenvalue weighted by Crippen LogP contribution is -2.20. The molecule has 78 valence electrons. The van der Waals surface area contributed by atoms with E-state index < -0.39 is 0 Å². The minimum Gasteiger partial charge on any atom is -0.492 e. The largest absolute Gasteiger partial charge is 0.492 e. The molecule has 2 N–H and O–H groups in total. The molecule has 1 aliphatic heterocycles. The highest BCUT2D eigenvalue weighted by atomic mass is 35.5. The molecule has 0 saturated heterocycles. The molecule has 5 heteroatoms. The first kappa shape index (κ1) is 11.9. The van der Waals surface area contributed by atoms with Crippen molar-refractivity contribution in [3.8, 4) is 5.75 Å². The lowest BCUT2D eigenvalue weighted by molar-refractivity contribution is 0.269. The van der Waals surface area contributed by atoms with Gasteiger partial charge in [-0.25, -0.2) is 0 Å². The SMILES string of the molecule is Cl.N[C@H]1CCOc2c(Cl)cc(Cl)cc21. The summed E-state index contributed by atoms with van der Waals surface area (Å²) in [4.78, 5) is 0. The van der Waals surface area contributed by atoms with E-state index in [1.54, 1.807) is 6.07 Å². The predicted octanol–water partition coefficient (Wildman–Crippen LogP) is 3.20. The van der Waals surface area contributed by atoms with Crippen LogP contribution >= 0.6 is 35.6 Å². The summed E-state index contributed by atoms with van der Waals surface area (Å²) in [6, 6.07) is 3.46. The number of rotatable bonds is 0. The third-order valence-corrected chi connectivity index (χ3v) is 2.61. The van der Waals surface area contributed by atoms with Crippen molar-refractivity contribution in [1.29, 1.82) is 0 Å². The van der Waals surface area contributed by atoms with Gasteiger partial charge in [0.25, 0.3) is 0 Å². The van der Waals surface area contributed by atoms with Crippen LogP contribution in [-0.4, -0.2) is 6.61 Å². The first-order valence-corrected chi connectivity index (χ1v) is 4.81. The fraction of sp³-hybridized carbons (Fsp3) is 0.333. The zero-order valence-corrected chi connectivity index (χ0v) is 9.62. The molecule has 1 heterocycles. The molecule has 0 aliphatic carbocycles. The van der Waals surface area contributed by atoms with E-state index >= 15 is 0 Å². The Kier molecular flexibility index (Phi) is 3.90. The Balaban J connectivity index is 0.000000980. The Morgan fingerprint density at radius 3 is 2.79 bits per heavy atom. The van der Waals surface area contributed by atoms with Gasteiger partial charge in [-0.15, -0.1) is 12.4 Å². The molecule has 2 nitrogen and oxygen atoms in total. The fourth-order valence-electron chi connectivity index (χ4n) is 1.45. The third kappa shape index (κ3) is 2.09. The van der Waals surface area contributed by atoms with E-state index in [9.17, 15) is 0 Å². The van der Waals surface area contributed by atoms with E-state index in [0.29, 0.717) is 22.4 Å². The Morgan fingerprint density at radius 2 is 2.07 bits per heavy atom. The summed E-state index contributed by atoms with van der Waals surface area (Å²) in [6.07, 6.45) is 0.809. The van der Waals surface area contributed by atoms with Crippen LogP contribution in [0.25, 0.3) is 0 Å². The Morgan fingerprint density at radius 1 is 1.36 bits per heavy atom. The van der Waals surface area contributed by atoms with Crippen molar-refractivity contribution < 1.29 is 4.74 Å². The van der Waals surface area contributed by atoms with Gasteiger partial charge in [-0.05, 0) is 12.1 Å². The maximum atomic E-state index is 5.95. The highest BCUT2D eigenvalue weighted by molar-refractivity contribution is 6.35. The van der Waals surface area contributed by atoms with Crippen LogP contribution in [0.2, 0.25) is 10.0 Å². The summed E-state index contributed by atoms with van der Waals surface area (Å²) in [5, 5.41) is 1.14. The van der Waals surface area contributed by atoms with E-state index in [-0.39, 0.29) is 18.4 Å². The summed E-state index contributed by atoms with van der Waals surface area (Å²) in [6.45, 7) is 0.621. The third-order valence-electron chi connectivity index (χ3n) is 2.11. The van der Waals surface area contributed by atoms with Crippen LogP contribution in [0.3, 0.4) is 0 Å². The van der Waals surface area contributed by atoms with Gasteiger partial charge in [-0.1, -0.05) is 23.2 Å². The predicted molar refractivity (Wildman–Crippen MR) is 60.8 cm³/mol. The van der Waals surface area contributed by atoms with Gasteiger partial charge < -0.3 is 10.5 Å². The molecule has 0 fully saturated rings. The second-order valence-electron chi connectivity index (χ2n) is 3.05. The van der Waals surface area contributed by atoms with E-state index in [1.807, 2.05) is 6.07 Å². The van der Waals surface area contributed by atoms with E-state index in [2.05, 4.69) is 0 Å². The Hall–Kier alpha value is -0.150. The topological polar surface area (TPSA) is 35.2 Å². The van der Waals surface area contributed by atoms with Crippen LogP contribution < -0.4 is 10.5 Å². The number of benzene rings is 1. The summed E-state index contributed by atoms with van der Waals surface area (Å²) >= 11 is 11.8. The molecular formula is C9H10Cl3NO. The minimum atomic E-state index is -0.0139.